The molecule has 1 atom stereocenters. The lowest BCUT2D eigenvalue weighted by Crippen LogP contribution is -2.18. The maximum absolute atomic E-state index is 5.53. The summed E-state index contributed by atoms with van der Waals surface area (Å²) in [4.78, 5) is 0. The summed E-state index contributed by atoms with van der Waals surface area (Å²) in [5.41, 5.74) is 2.39. The van der Waals surface area contributed by atoms with Gasteiger partial charge in [-0.3, -0.25) is 0 Å². The highest BCUT2D eigenvalue weighted by Crippen LogP contribution is 2.26. The van der Waals surface area contributed by atoms with Gasteiger partial charge in [-0.25, -0.2) is 0 Å². The van der Waals surface area contributed by atoms with E-state index < -0.39 is 0 Å². The summed E-state index contributed by atoms with van der Waals surface area (Å²) in [5.74, 6) is 3.36. The fraction of sp³-hybridized carbons (Fsp3) is 0.429. The summed E-state index contributed by atoms with van der Waals surface area (Å²) in [6.45, 7) is 7.54. The molecule has 0 heterocycles. The lowest BCUT2D eigenvalue weighted by atomic mass is 10.0. The van der Waals surface area contributed by atoms with Gasteiger partial charge >= 0.3 is 0 Å². The molecule has 0 radical (unpaired) electrons. The highest BCUT2D eigenvalue weighted by atomic mass is 16.5. The minimum absolute atomic E-state index is 0.276. The van der Waals surface area contributed by atoms with E-state index in [9.17, 15) is 0 Å². The molecule has 0 saturated carbocycles. The van der Waals surface area contributed by atoms with Gasteiger partial charge in [0, 0.05) is 11.6 Å². The molecule has 2 nitrogen and oxygen atoms in total. The third kappa shape index (κ3) is 3.29. The maximum atomic E-state index is 5.53. The summed E-state index contributed by atoms with van der Waals surface area (Å²) in [7, 11) is 0. The summed E-state index contributed by atoms with van der Waals surface area (Å²) in [5, 5.41) is 3.37. The molecular formula is C14H19NO. The molecule has 1 aromatic rings. The van der Waals surface area contributed by atoms with Crippen LogP contribution in [0.3, 0.4) is 0 Å². The average molecular weight is 217 g/mol. The Bertz CT molecular complexity index is 379. The monoisotopic (exact) mass is 217 g/mol. The predicted molar refractivity (Wildman–Crippen MR) is 67.6 cm³/mol. The number of terminal acetylenes is 1. The quantitative estimate of drug-likeness (QED) is 0.766. The first kappa shape index (κ1) is 12.6. The van der Waals surface area contributed by atoms with Crippen LogP contribution in [0.25, 0.3) is 0 Å². The van der Waals surface area contributed by atoms with Crippen LogP contribution in [0.15, 0.2) is 18.2 Å². The van der Waals surface area contributed by atoms with E-state index in [4.69, 9.17) is 11.2 Å². The van der Waals surface area contributed by atoms with Crippen LogP contribution in [0.5, 0.6) is 5.75 Å². The van der Waals surface area contributed by atoms with E-state index in [1.54, 1.807) is 0 Å². The molecule has 0 aromatic heterocycles. The number of nitrogens with one attached hydrogen (secondary N) is 1. The molecule has 86 valence electrons. The molecule has 1 unspecified atom stereocenters. The van der Waals surface area contributed by atoms with Crippen molar-refractivity contribution < 1.29 is 4.74 Å². The molecule has 0 aliphatic rings. The average Bonchev–Trinajstić information content (AvgIpc) is 2.27. The lowest BCUT2D eigenvalue weighted by Gasteiger charge is -2.17. The smallest absolute Gasteiger partial charge is 0.148 e. The Kier molecular flexibility index (Phi) is 4.88. The molecular weight excluding hydrogens is 198 g/mol. The van der Waals surface area contributed by atoms with Gasteiger partial charge in [0.1, 0.15) is 12.4 Å². The number of hydrogen-bond acceptors (Lipinski definition) is 2. The molecule has 1 N–H and O–H groups in total. The van der Waals surface area contributed by atoms with E-state index in [0.717, 1.165) is 17.9 Å². The van der Waals surface area contributed by atoms with Crippen LogP contribution in [-0.2, 0) is 0 Å². The van der Waals surface area contributed by atoms with E-state index in [2.05, 4.69) is 38.1 Å². The molecule has 2 heteroatoms. The van der Waals surface area contributed by atoms with Gasteiger partial charge in [-0.05, 0) is 26.5 Å². The molecule has 1 aromatic carbocycles. The van der Waals surface area contributed by atoms with Crippen LogP contribution in [0.1, 0.15) is 31.0 Å². The molecule has 0 amide bonds. The van der Waals surface area contributed by atoms with E-state index in [1.165, 1.54) is 5.56 Å². The summed E-state index contributed by atoms with van der Waals surface area (Å²) in [6.07, 6.45) is 5.20. The van der Waals surface area contributed by atoms with Gasteiger partial charge in [0.25, 0.3) is 0 Å². The van der Waals surface area contributed by atoms with Crippen molar-refractivity contribution in [3.05, 3.63) is 29.3 Å². The third-order valence-electron chi connectivity index (χ3n) is 2.45. The normalized spacial score (nSPS) is 11.9. The van der Waals surface area contributed by atoms with Crippen LogP contribution in [0.2, 0.25) is 0 Å². The number of aryl methyl sites for hydroxylation is 1. The number of hydrogen-bond donors (Lipinski definition) is 1. The Labute approximate surface area is 98.0 Å². The topological polar surface area (TPSA) is 21.3 Å². The van der Waals surface area contributed by atoms with Crippen LogP contribution in [0, 0.1) is 19.3 Å². The molecule has 16 heavy (non-hydrogen) atoms. The van der Waals surface area contributed by atoms with Crippen molar-refractivity contribution in [3.63, 3.8) is 0 Å². The van der Waals surface area contributed by atoms with Crippen molar-refractivity contribution in [1.82, 2.24) is 5.32 Å². The first-order chi connectivity index (χ1) is 7.69. The molecule has 0 fully saturated rings. The van der Waals surface area contributed by atoms with Gasteiger partial charge in [-0.1, -0.05) is 30.5 Å². The standard InChI is InChI=1S/C14H19NO/c1-5-9-16-14-8-7-11(3)10-13(14)12(4)15-6-2/h1,7-8,10,12,15H,6,9H2,2-4H3. The molecule has 1 rings (SSSR count). The van der Waals surface area contributed by atoms with E-state index >= 15 is 0 Å². The second-order valence-corrected chi connectivity index (χ2v) is 3.81. The highest BCUT2D eigenvalue weighted by Gasteiger charge is 2.10. The predicted octanol–water partition coefficient (Wildman–Crippen LogP) is 2.68. The molecule has 0 spiro atoms. The van der Waals surface area contributed by atoms with Gasteiger partial charge < -0.3 is 10.1 Å². The van der Waals surface area contributed by atoms with Crippen molar-refractivity contribution in [2.45, 2.75) is 26.8 Å². The van der Waals surface area contributed by atoms with Crippen LogP contribution in [0.4, 0.5) is 0 Å². The number of ether oxygens (including phenoxy) is 1. The first-order valence-electron chi connectivity index (χ1n) is 5.59. The fourth-order valence-electron chi connectivity index (χ4n) is 1.67. The van der Waals surface area contributed by atoms with Crippen molar-refractivity contribution in [2.24, 2.45) is 0 Å². The minimum Gasteiger partial charge on any atom is -0.481 e. The summed E-state index contributed by atoms with van der Waals surface area (Å²) >= 11 is 0. The molecule has 0 saturated heterocycles. The lowest BCUT2D eigenvalue weighted by molar-refractivity contribution is 0.361. The maximum Gasteiger partial charge on any atom is 0.148 e. The van der Waals surface area contributed by atoms with E-state index in [0.29, 0.717) is 6.61 Å². The van der Waals surface area contributed by atoms with Gasteiger partial charge in [0.2, 0.25) is 0 Å². The summed E-state index contributed by atoms with van der Waals surface area (Å²) < 4.78 is 5.53. The molecule has 0 aliphatic heterocycles. The fourth-order valence-corrected chi connectivity index (χ4v) is 1.67. The largest absolute Gasteiger partial charge is 0.481 e. The van der Waals surface area contributed by atoms with Crippen molar-refractivity contribution in [2.75, 3.05) is 13.2 Å². The van der Waals surface area contributed by atoms with Crippen molar-refractivity contribution >= 4 is 0 Å². The Balaban J connectivity index is 2.93. The van der Waals surface area contributed by atoms with Gasteiger partial charge in [0.05, 0.1) is 0 Å². The Morgan fingerprint density at radius 3 is 2.88 bits per heavy atom. The highest BCUT2D eigenvalue weighted by molar-refractivity contribution is 5.39. The SMILES string of the molecule is C#CCOc1ccc(C)cc1C(C)NCC. The Morgan fingerprint density at radius 2 is 2.25 bits per heavy atom. The number of benzene rings is 1. The van der Waals surface area contributed by atoms with Gasteiger partial charge in [-0.2, -0.15) is 0 Å². The van der Waals surface area contributed by atoms with Crippen LogP contribution < -0.4 is 10.1 Å². The van der Waals surface area contributed by atoms with Crippen molar-refractivity contribution in [3.8, 4) is 18.1 Å². The van der Waals surface area contributed by atoms with Crippen LogP contribution >= 0.6 is 0 Å². The second kappa shape index (κ2) is 6.19. The first-order valence-corrected chi connectivity index (χ1v) is 5.59. The third-order valence-corrected chi connectivity index (χ3v) is 2.45. The zero-order valence-corrected chi connectivity index (χ0v) is 10.2. The van der Waals surface area contributed by atoms with E-state index in [1.807, 2.05) is 12.1 Å². The zero-order chi connectivity index (χ0) is 12.0. The zero-order valence-electron chi connectivity index (χ0n) is 10.2. The Morgan fingerprint density at radius 1 is 1.50 bits per heavy atom. The molecule has 0 aliphatic carbocycles. The summed E-state index contributed by atoms with van der Waals surface area (Å²) in [6, 6.07) is 6.43. The van der Waals surface area contributed by atoms with E-state index in [-0.39, 0.29) is 6.04 Å². The van der Waals surface area contributed by atoms with Gasteiger partial charge in [0.15, 0.2) is 0 Å². The Hall–Kier alpha value is -1.46. The minimum atomic E-state index is 0.276. The second-order valence-electron chi connectivity index (χ2n) is 3.81. The van der Waals surface area contributed by atoms with Crippen molar-refractivity contribution in [1.29, 1.82) is 0 Å². The number of rotatable bonds is 5. The van der Waals surface area contributed by atoms with Gasteiger partial charge in [-0.15, -0.1) is 6.42 Å². The molecule has 0 bridgehead atoms. The van der Waals surface area contributed by atoms with Crippen LogP contribution in [-0.4, -0.2) is 13.2 Å².